The zero-order valence-electron chi connectivity index (χ0n) is 12.4. The van der Waals surface area contributed by atoms with Crippen LogP contribution in [0.4, 0.5) is 13.2 Å². The summed E-state index contributed by atoms with van der Waals surface area (Å²) in [6, 6.07) is 0. The Kier molecular flexibility index (Phi) is 4.37. The van der Waals surface area contributed by atoms with Crippen LogP contribution in [0.5, 0.6) is 5.75 Å². The van der Waals surface area contributed by atoms with Crippen LogP contribution in [0.25, 0.3) is 6.08 Å². The zero-order valence-corrected chi connectivity index (χ0v) is 13.9. The van der Waals surface area contributed by atoms with Crippen LogP contribution < -0.4 is 4.74 Å². The van der Waals surface area contributed by atoms with Gasteiger partial charge < -0.3 is 9.84 Å². The number of carboxylic acids is 1. The van der Waals surface area contributed by atoms with Crippen molar-refractivity contribution in [3.8, 4) is 5.75 Å². The molecule has 1 heterocycles. The molecule has 0 bridgehead atoms. The van der Waals surface area contributed by atoms with Crippen LogP contribution in [0.2, 0.25) is 10.0 Å². The summed E-state index contributed by atoms with van der Waals surface area (Å²) in [5, 5.41) is 9.47. The van der Waals surface area contributed by atoms with E-state index in [1.807, 2.05) is 0 Å². The van der Waals surface area contributed by atoms with E-state index in [0.717, 1.165) is 6.08 Å². The molecule has 1 atom stereocenters. The van der Waals surface area contributed by atoms with Crippen LogP contribution in [0.1, 0.15) is 30.0 Å². The first kappa shape index (κ1) is 17.9. The Balaban J connectivity index is 2.89. The van der Waals surface area contributed by atoms with E-state index in [1.165, 1.54) is 6.92 Å². The van der Waals surface area contributed by atoms with E-state index < -0.39 is 29.7 Å². The number of hydrogen-bond donors (Lipinski definition) is 1. The molecule has 0 saturated carbocycles. The van der Waals surface area contributed by atoms with Gasteiger partial charge in [-0.05, 0) is 37.5 Å². The molecule has 0 saturated heterocycles. The largest absolute Gasteiger partial charge is 0.478 e. The molecular formula is C15H13Cl2F3O3. The summed E-state index contributed by atoms with van der Waals surface area (Å²) >= 11 is 12.2. The standard InChI is InChI=1S/C15H13Cl2F3O3/c1-4-14(15(18,19)20)9(13(21)22)5-8-6(2)10(16)7(3)11(17)12(8)23-14/h5H,4H2,1-3H3,(H,21,22). The number of carboxylic acid groups (broad SMARTS) is 1. The highest BCUT2D eigenvalue weighted by Gasteiger charge is 2.62. The first-order chi connectivity index (χ1) is 10.5. The lowest BCUT2D eigenvalue weighted by Crippen LogP contribution is -2.54. The molecule has 126 valence electrons. The number of hydrogen-bond acceptors (Lipinski definition) is 2. The number of fused-ring (bicyclic) bond motifs is 1. The molecule has 3 nitrogen and oxygen atoms in total. The van der Waals surface area contributed by atoms with E-state index in [0.29, 0.717) is 11.1 Å². The van der Waals surface area contributed by atoms with E-state index in [1.54, 1.807) is 13.8 Å². The summed E-state index contributed by atoms with van der Waals surface area (Å²) in [7, 11) is 0. The van der Waals surface area contributed by atoms with Gasteiger partial charge in [0, 0.05) is 10.6 Å². The topological polar surface area (TPSA) is 46.5 Å². The SMILES string of the molecule is CCC1(C(F)(F)F)Oc2c(Cl)c(C)c(Cl)c(C)c2C=C1C(=O)O. The van der Waals surface area contributed by atoms with Crippen LogP contribution in [-0.2, 0) is 4.79 Å². The number of benzene rings is 1. The van der Waals surface area contributed by atoms with Crippen LogP contribution in [0, 0.1) is 13.8 Å². The Morgan fingerprint density at radius 2 is 1.83 bits per heavy atom. The highest BCUT2D eigenvalue weighted by atomic mass is 35.5. The summed E-state index contributed by atoms with van der Waals surface area (Å²) in [6.07, 6.45) is -4.58. The van der Waals surface area contributed by atoms with Crippen molar-refractivity contribution in [3.63, 3.8) is 0 Å². The molecule has 0 aromatic heterocycles. The van der Waals surface area contributed by atoms with Crippen LogP contribution >= 0.6 is 23.2 Å². The lowest BCUT2D eigenvalue weighted by atomic mass is 9.84. The van der Waals surface area contributed by atoms with Crippen molar-refractivity contribution in [2.24, 2.45) is 0 Å². The fraction of sp³-hybridized carbons (Fsp3) is 0.400. The van der Waals surface area contributed by atoms with Crippen molar-refractivity contribution < 1.29 is 27.8 Å². The van der Waals surface area contributed by atoms with Crippen molar-refractivity contribution in [2.45, 2.75) is 39.0 Å². The average molecular weight is 369 g/mol. The molecule has 1 unspecified atom stereocenters. The van der Waals surface area contributed by atoms with Crippen molar-refractivity contribution in [1.82, 2.24) is 0 Å². The lowest BCUT2D eigenvalue weighted by Gasteiger charge is -2.39. The maximum absolute atomic E-state index is 13.6. The predicted molar refractivity (Wildman–Crippen MR) is 81.3 cm³/mol. The van der Waals surface area contributed by atoms with Gasteiger partial charge >= 0.3 is 12.1 Å². The van der Waals surface area contributed by atoms with Crippen molar-refractivity contribution in [3.05, 3.63) is 32.3 Å². The van der Waals surface area contributed by atoms with Crippen LogP contribution in [-0.4, -0.2) is 22.9 Å². The van der Waals surface area contributed by atoms with Crippen LogP contribution in [0.3, 0.4) is 0 Å². The number of aliphatic carboxylic acids is 1. The fourth-order valence-electron chi connectivity index (χ4n) is 2.63. The number of rotatable bonds is 2. The minimum Gasteiger partial charge on any atom is -0.478 e. The number of halogens is 5. The maximum Gasteiger partial charge on any atom is 0.432 e. The van der Waals surface area contributed by atoms with Crippen molar-refractivity contribution >= 4 is 35.2 Å². The summed E-state index contributed by atoms with van der Waals surface area (Å²) in [4.78, 5) is 11.4. The number of ether oxygens (including phenoxy) is 1. The fourth-order valence-corrected chi connectivity index (χ4v) is 3.11. The molecule has 0 fully saturated rings. The smallest absolute Gasteiger partial charge is 0.432 e. The third kappa shape index (κ3) is 2.48. The van der Waals surface area contributed by atoms with Gasteiger partial charge in [-0.1, -0.05) is 30.1 Å². The summed E-state index contributed by atoms with van der Waals surface area (Å²) in [5.41, 5.74) is -2.91. The molecule has 1 aliphatic heterocycles. The second-order valence-electron chi connectivity index (χ2n) is 5.26. The number of carbonyl (C=O) groups is 1. The van der Waals surface area contributed by atoms with E-state index in [9.17, 15) is 23.1 Å². The highest BCUT2D eigenvalue weighted by Crippen LogP contribution is 2.51. The Morgan fingerprint density at radius 1 is 1.26 bits per heavy atom. The molecule has 1 aromatic carbocycles. The summed E-state index contributed by atoms with van der Waals surface area (Å²) in [5.74, 6) is -1.91. The molecule has 0 aliphatic carbocycles. The molecule has 1 aromatic rings. The molecule has 1 N–H and O–H groups in total. The summed E-state index contributed by atoms with van der Waals surface area (Å²) in [6.45, 7) is 4.33. The predicted octanol–water partition coefficient (Wildman–Crippen LogP) is 5.18. The Labute approximate surface area is 140 Å². The minimum absolute atomic E-state index is 0.0571. The van der Waals surface area contributed by atoms with Gasteiger partial charge in [-0.15, -0.1) is 0 Å². The van der Waals surface area contributed by atoms with Gasteiger partial charge in [-0.2, -0.15) is 13.2 Å². The molecule has 8 heteroatoms. The van der Waals surface area contributed by atoms with Gasteiger partial charge in [0.2, 0.25) is 5.60 Å². The Morgan fingerprint density at radius 3 is 2.26 bits per heavy atom. The molecular weight excluding hydrogens is 356 g/mol. The lowest BCUT2D eigenvalue weighted by molar-refractivity contribution is -0.236. The van der Waals surface area contributed by atoms with Gasteiger partial charge in [0.15, 0.2) is 0 Å². The Bertz CT molecular complexity index is 726. The van der Waals surface area contributed by atoms with Crippen molar-refractivity contribution in [2.75, 3.05) is 0 Å². The van der Waals surface area contributed by atoms with Gasteiger partial charge in [-0.3, -0.25) is 0 Å². The second-order valence-corrected chi connectivity index (χ2v) is 6.02. The monoisotopic (exact) mass is 368 g/mol. The molecule has 23 heavy (non-hydrogen) atoms. The zero-order chi connectivity index (χ0) is 17.7. The van der Waals surface area contributed by atoms with E-state index >= 15 is 0 Å². The van der Waals surface area contributed by atoms with Crippen LogP contribution in [0.15, 0.2) is 5.57 Å². The van der Waals surface area contributed by atoms with Crippen molar-refractivity contribution in [1.29, 1.82) is 0 Å². The molecule has 1 aliphatic rings. The van der Waals surface area contributed by atoms with Gasteiger partial charge in [0.25, 0.3) is 0 Å². The van der Waals surface area contributed by atoms with E-state index in [-0.39, 0.29) is 21.4 Å². The molecule has 0 amide bonds. The van der Waals surface area contributed by atoms with Gasteiger partial charge in [0.05, 0.1) is 10.6 Å². The van der Waals surface area contributed by atoms with E-state index in [4.69, 9.17) is 27.9 Å². The third-order valence-electron chi connectivity index (χ3n) is 4.02. The molecule has 2 rings (SSSR count). The van der Waals surface area contributed by atoms with Gasteiger partial charge in [-0.25, -0.2) is 4.79 Å². The Hall–Kier alpha value is -1.40. The minimum atomic E-state index is -4.92. The normalized spacial score (nSPS) is 20.6. The van der Waals surface area contributed by atoms with Gasteiger partial charge in [0.1, 0.15) is 5.75 Å². The van der Waals surface area contributed by atoms with E-state index in [2.05, 4.69) is 0 Å². The maximum atomic E-state index is 13.6. The molecule has 0 spiro atoms. The second kappa shape index (κ2) is 5.60. The number of alkyl halides is 3. The first-order valence-corrected chi connectivity index (χ1v) is 7.42. The summed E-state index contributed by atoms with van der Waals surface area (Å²) < 4.78 is 46.0. The quantitative estimate of drug-likeness (QED) is 0.781. The highest BCUT2D eigenvalue weighted by molar-refractivity contribution is 6.38. The average Bonchev–Trinajstić information content (AvgIpc) is 2.48. The first-order valence-electron chi connectivity index (χ1n) is 6.67. The third-order valence-corrected chi connectivity index (χ3v) is 5.04. The molecule has 0 radical (unpaired) electrons.